The minimum atomic E-state index is -0.505. The summed E-state index contributed by atoms with van der Waals surface area (Å²) in [6.07, 6.45) is 0. The summed E-state index contributed by atoms with van der Waals surface area (Å²) in [6, 6.07) is 78.5. The number of benzene rings is 9. The van der Waals surface area contributed by atoms with Gasteiger partial charge in [0.1, 0.15) is 0 Å². The molecule has 3 aromatic heterocycles. The lowest BCUT2D eigenvalue weighted by Crippen LogP contribution is -2.35. The quantitative estimate of drug-likeness (QED) is 0.171. The zero-order chi connectivity index (χ0) is 38.0. The minimum Gasteiger partial charge on any atom is -0.309 e. The van der Waals surface area contributed by atoms with Crippen molar-refractivity contribution in [2.75, 3.05) is 0 Å². The molecule has 0 atom stereocenters. The van der Waals surface area contributed by atoms with Crippen molar-refractivity contribution in [3.05, 3.63) is 235 Å². The largest absolute Gasteiger partial charge is 0.309 e. The van der Waals surface area contributed by atoms with Crippen LogP contribution in [0.15, 0.2) is 212 Å². The smallest absolute Gasteiger partial charge is 0.0788 e. The zero-order valence-corrected chi connectivity index (χ0v) is 31.5. The minimum absolute atomic E-state index is 0.505. The number of hydrogen-bond acceptors (Lipinski definition) is 0. The van der Waals surface area contributed by atoms with Crippen LogP contribution in [-0.2, 0) is 5.41 Å². The molecule has 0 fully saturated rings. The first-order valence-electron chi connectivity index (χ1n) is 20.1. The average Bonchev–Trinajstić information content (AvgIpc) is 3.94. The highest BCUT2D eigenvalue weighted by Crippen LogP contribution is 2.54. The molecule has 0 saturated heterocycles. The van der Waals surface area contributed by atoms with Crippen molar-refractivity contribution in [2.45, 2.75) is 5.41 Å². The standard InChI is InChI=1S/C55H35N3/c1-4-17-36(18-5-1)55(37-19-6-2-7-20-37)46-26-12-15-30-51(46)58-50-34-31-39(35-45(50)42-25-16-27-47(55)52(42)58)57-49-29-14-11-24-41(49)44-33-32-43-40-23-10-13-28-48(40)56(53(43)54(44)57)38-21-8-3-9-22-38/h1-35H. The van der Waals surface area contributed by atoms with Crippen LogP contribution in [-0.4, -0.2) is 13.7 Å². The van der Waals surface area contributed by atoms with Crippen molar-refractivity contribution in [2.24, 2.45) is 0 Å². The molecule has 4 heterocycles. The summed E-state index contributed by atoms with van der Waals surface area (Å²) in [5, 5.41) is 7.49. The van der Waals surface area contributed by atoms with Crippen molar-refractivity contribution in [3.8, 4) is 17.1 Å². The summed E-state index contributed by atoms with van der Waals surface area (Å²) < 4.78 is 7.51. The third-order valence-electron chi connectivity index (χ3n) is 12.9. The number of rotatable bonds is 4. The number of nitrogens with zero attached hydrogens (tertiary/aromatic N) is 3. The molecule has 58 heavy (non-hydrogen) atoms. The first-order valence-corrected chi connectivity index (χ1v) is 20.1. The Bertz CT molecular complexity index is 3570. The summed E-state index contributed by atoms with van der Waals surface area (Å²) >= 11 is 0. The Morgan fingerprint density at radius 2 is 0.759 bits per heavy atom. The van der Waals surface area contributed by atoms with Crippen molar-refractivity contribution < 1.29 is 0 Å². The molecule has 0 saturated carbocycles. The first kappa shape index (κ1) is 31.6. The molecule has 0 bridgehead atoms. The van der Waals surface area contributed by atoms with E-state index in [-0.39, 0.29) is 0 Å². The van der Waals surface area contributed by atoms with Gasteiger partial charge in [-0.25, -0.2) is 0 Å². The van der Waals surface area contributed by atoms with E-state index in [0.717, 1.165) is 11.4 Å². The van der Waals surface area contributed by atoms with Gasteiger partial charge < -0.3 is 13.7 Å². The van der Waals surface area contributed by atoms with Crippen LogP contribution in [0.3, 0.4) is 0 Å². The Morgan fingerprint density at radius 1 is 0.276 bits per heavy atom. The molecule has 1 aliphatic heterocycles. The number of aromatic nitrogens is 3. The maximum absolute atomic E-state index is 2.53. The summed E-state index contributed by atoms with van der Waals surface area (Å²) in [5.41, 5.74) is 15.4. The molecular formula is C55H35N3. The van der Waals surface area contributed by atoms with Gasteiger partial charge in [-0.15, -0.1) is 0 Å². The predicted octanol–water partition coefficient (Wildman–Crippen LogP) is 13.7. The van der Waals surface area contributed by atoms with Gasteiger partial charge in [0, 0.05) is 43.7 Å². The molecule has 0 spiro atoms. The Morgan fingerprint density at radius 3 is 1.41 bits per heavy atom. The second kappa shape index (κ2) is 11.7. The van der Waals surface area contributed by atoms with Crippen molar-refractivity contribution in [1.29, 1.82) is 0 Å². The molecular weight excluding hydrogens is 703 g/mol. The Labute approximate surface area is 334 Å². The van der Waals surface area contributed by atoms with Crippen LogP contribution in [0.1, 0.15) is 22.3 Å². The van der Waals surface area contributed by atoms with E-state index in [0.29, 0.717) is 0 Å². The molecule has 3 nitrogen and oxygen atoms in total. The predicted molar refractivity (Wildman–Crippen MR) is 241 cm³/mol. The average molecular weight is 738 g/mol. The molecule has 270 valence electrons. The van der Waals surface area contributed by atoms with Gasteiger partial charge in [0.05, 0.1) is 44.2 Å². The highest BCUT2D eigenvalue weighted by Gasteiger charge is 2.45. The van der Waals surface area contributed by atoms with Crippen molar-refractivity contribution >= 4 is 65.4 Å². The lowest BCUT2D eigenvalue weighted by Gasteiger charge is -2.41. The fourth-order valence-electron chi connectivity index (χ4n) is 10.7. The second-order valence-corrected chi connectivity index (χ2v) is 15.6. The van der Waals surface area contributed by atoms with Crippen LogP contribution < -0.4 is 0 Å². The Hall–Kier alpha value is -7.62. The molecule has 0 radical (unpaired) electrons. The van der Waals surface area contributed by atoms with E-state index in [4.69, 9.17) is 0 Å². The van der Waals surface area contributed by atoms with E-state index < -0.39 is 5.41 Å². The van der Waals surface area contributed by atoms with Gasteiger partial charge in [0.25, 0.3) is 0 Å². The molecule has 0 N–H and O–H groups in total. The fraction of sp³-hybridized carbons (Fsp3) is 0.0182. The maximum Gasteiger partial charge on any atom is 0.0788 e. The van der Waals surface area contributed by atoms with Crippen LogP contribution in [0.4, 0.5) is 0 Å². The van der Waals surface area contributed by atoms with E-state index in [2.05, 4.69) is 226 Å². The third kappa shape index (κ3) is 3.97. The van der Waals surface area contributed by atoms with Gasteiger partial charge in [0.2, 0.25) is 0 Å². The summed E-state index contributed by atoms with van der Waals surface area (Å²) in [4.78, 5) is 0. The van der Waals surface area contributed by atoms with E-state index in [1.54, 1.807) is 0 Å². The topological polar surface area (TPSA) is 14.8 Å². The zero-order valence-electron chi connectivity index (χ0n) is 31.5. The Balaban J connectivity index is 1.17. The lowest BCUT2D eigenvalue weighted by molar-refractivity contribution is 0.728. The third-order valence-corrected chi connectivity index (χ3v) is 12.9. The molecule has 0 amide bonds. The van der Waals surface area contributed by atoms with Crippen molar-refractivity contribution in [1.82, 2.24) is 13.7 Å². The Kier molecular flexibility index (Phi) is 6.37. The summed E-state index contributed by atoms with van der Waals surface area (Å²) in [7, 11) is 0. The molecule has 1 aliphatic rings. The highest BCUT2D eigenvalue weighted by molar-refractivity contribution is 6.24. The molecule has 9 aromatic carbocycles. The van der Waals surface area contributed by atoms with Crippen LogP contribution >= 0.6 is 0 Å². The molecule has 3 heteroatoms. The molecule has 12 aromatic rings. The monoisotopic (exact) mass is 737 g/mol. The van der Waals surface area contributed by atoms with Crippen LogP contribution in [0.25, 0.3) is 82.5 Å². The van der Waals surface area contributed by atoms with Crippen LogP contribution in [0.5, 0.6) is 0 Å². The van der Waals surface area contributed by atoms with Gasteiger partial charge in [-0.05, 0) is 70.8 Å². The summed E-state index contributed by atoms with van der Waals surface area (Å²) in [5.74, 6) is 0. The fourth-order valence-corrected chi connectivity index (χ4v) is 10.7. The van der Waals surface area contributed by atoms with E-state index in [1.807, 2.05) is 0 Å². The highest BCUT2D eigenvalue weighted by atomic mass is 15.1. The normalized spacial score (nSPS) is 13.3. The summed E-state index contributed by atoms with van der Waals surface area (Å²) in [6.45, 7) is 0. The SMILES string of the molecule is c1ccc(-n2c3ccccc3c3ccc4c5ccccc5n(-c5ccc6c(c5)c5cccc7c5n6-c5ccccc5C7(c5ccccc5)c5ccccc5)c4c32)cc1. The van der Waals surface area contributed by atoms with E-state index in [9.17, 15) is 0 Å². The molecule has 13 rings (SSSR count). The first-order chi connectivity index (χ1) is 28.8. The van der Waals surface area contributed by atoms with Crippen LogP contribution in [0, 0.1) is 0 Å². The van der Waals surface area contributed by atoms with Gasteiger partial charge in [-0.1, -0.05) is 164 Å². The number of fused-ring (bicyclic) bond motifs is 12. The van der Waals surface area contributed by atoms with Gasteiger partial charge in [0.15, 0.2) is 0 Å². The second-order valence-electron chi connectivity index (χ2n) is 15.6. The number of para-hydroxylation sites is 5. The molecule has 0 aliphatic carbocycles. The van der Waals surface area contributed by atoms with E-state index >= 15 is 0 Å². The van der Waals surface area contributed by atoms with Gasteiger partial charge >= 0.3 is 0 Å². The van der Waals surface area contributed by atoms with Crippen LogP contribution in [0.2, 0.25) is 0 Å². The number of hydrogen-bond donors (Lipinski definition) is 0. The molecule has 0 unspecified atom stereocenters. The lowest BCUT2D eigenvalue weighted by atomic mass is 9.63. The van der Waals surface area contributed by atoms with Gasteiger partial charge in [-0.3, -0.25) is 0 Å². The van der Waals surface area contributed by atoms with E-state index in [1.165, 1.54) is 93.4 Å². The maximum atomic E-state index is 2.53. The van der Waals surface area contributed by atoms with Gasteiger partial charge in [-0.2, -0.15) is 0 Å². The van der Waals surface area contributed by atoms with Crippen molar-refractivity contribution in [3.63, 3.8) is 0 Å².